The molecule has 0 aliphatic rings. The van der Waals surface area contributed by atoms with Gasteiger partial charge in [0.15, 0.2) is 5.76 Å². The van der Waals surface area contributed by atoms with Crippen molar-refractivity contribution in [2.45, 2.75) is 25.5 Å². The van der Waals surface area contributed by atoms with Gasteiger partial charge in [0.2, 0.25) is 0 Å². The number of carbonyl (C=O) groups is 1. The van der Waals surface area contributed by atoms with Gasteiger partial charge in [0, 0.05) is 0 Å². The summed E-state index contributed by atoms with van der Waals surface area (Å²) >= 11 is 1.81. The van der Waals surface area contributed by atoms with Gasteiger partial charge in [0.05, 0.1) is 5.75 Å². The molecule has 15 heavy (non-hydrogen) atoms. The Balaban J connectivity index is 2.36. The number of nitrogen functional groups attached to an aromatic ring is 1. The second-order valence-corrected chi connectivity index (χ2v) is 4.25. The highest BCUT2D eigenvalue weighted by molar-refractivity contribution is 7.98. The van der Waals surface area contributed by atoms with Gasteiger partial charge < -0.3 is 4.42 Å². The predicted octanol–water partition coefficient (Wildman–Crippen LogP) is 1.92. The average molecular weight is 228 g/mol. The van der Waals surface area contributed by atoms with Crippen LogP contribution in [-0.2, 0) is 5.75 Å². The van der Waals surface area contributed by atoms with E-state index < -0.39 is 0 Å². The Hall–Kier alpha value is -0.940. The summed E-state index contributed by atoms with van der Waals surface area (Å²) in [6, 6.07) is 3.45. The Morgan fingerprint density at radius 3 is 3.07 bits per heavy atom. The summed E-state index contributed by atoms with van der Waals surface area (Å²) in [4.78, 5) is 11.1. The number of amides is 1. The van der Waals surface area contributed by atoms with Crippen molar-refractivity contribution in [2.75, 3.05) is 5.75 Å². The molecule has 0 fully saturated rings. The number of hydrogen-bond donors (Lipinski definition) is 2. The van der Waals surface area contributed by atoms with E-state index in [1.165, 1.54) is 12.8 Å². The molecule has 84 valence electrons. The predicted molar refractivity (Wildman–Crippen MR) is 61.4 cm³/mol. The number of hydrazine groups is 1. The van der Waals surface area contributed by atoms with E-state index >= 15 is 0 Å². The van der Waals surface area contributed by atoms with Crippen LogP contribution in [-0.4, -0.2) is 11.7 Å². The molecular weight excluding hydrogens is 212 g/mol. The van der Waals surface area contributed by atoms with Gasteiger partial charge in [0.1, 0.15) is 5.76 Å². The van der Waals surface area contributed by atoms with E-state index in [0.717, 1.165) is 17.3 Å². The smallest absolute Gasteiger partial charge is 0.300 e. The first kappa shape index (κ1) is 12.1. The Bertz CT molecular complexity index is 312. The number of carbonyl (C=O) groups excluding carboxylic acids is 1. The highest BCUT2D eigenvalue weighted by atomic mass is 32.2. The van der Waals surface area contributed by atoms with E-state index in [1.54, 1.807) is 17.8 Å². The van der Waals surface area contributed by atoms with Crippen LogP contribution in [0.25, 0.3) is 0 Å². The average Bonchev–Trinajstić information content (AvgIpc) is 2.72. The summed E-state index contributed by atoms with van der Waals surface area (Å²) in [5.74, 6) is 7.61. The van der Waals surface area contributed by atoms with Crippen LogP contribution in [0, 0.1) is 0 Å². The van der Waals surface area contributed by atoms with Gasteiger partial charge >= 0.3 is 5.91 Å². The number of unbranched alkanes of at least 4 members (excludes halogenated alkanes) is 1. The van der Waals surface area contributed by atoms with Crippen molar-refractivity contribution in [3.63, 3.8) is 0 Å². The van der Waals surface area contributed by atoms with Crippen molar-refractivity contribution in [3.8, 4) is 0 Å². The van der Waals surface area contributed by atoms with Crippen molar-refractivity contribution < 1.29 is 9.21 Å². The summed E-state index contributed by atoms with van der Waals surface area (Å²) in [6.45, 7) is 2.16. The van der Waals surface area contributed by atoms with E-state index in [9.17, 15) is 4.79 Å². The second kappa shape index (κ2) is 6.53. The number of rotatable bonds is 6. The molecule has 0 aliphatic carbocycles. The quantitative estimate of drug-likeness (QED) is 0.338. The molecule has 1 rings (SSSR count). The zero-order valence-electron chi connectivity index (χ0n) is 8.79. The molecule has 5 heteroatoms. The summed E-state index contributed by atoms with van der Waals surface area (Å²) in [6.07, 6.45) is 2.41. The largest absolute Gasteiger partial charge is 0.455 e. The van der Waals surface area contributed by atoms with Crippen LogP contribution in [0.1, 0.15) is 36.1 Å². The lowest BCUT2D eigenvalue weighted by Crippen LogP contribution is -2.29. The molecule has 0 radical (unpaired) electrons. The first-order valence-corrected chi connectivity index (χ1v) is 6.10. The second-order valence-electron chi connectivity index (χ2n) is 3.15. The third kappa shape index (κ3) is 3.97. The lowest BCUT2D eigenvalue weighted by molar-refractivity contribution is 0.0924. The van der Waals surface area contributed by atoms with E-state index in [4.69, 9.17) is 10.3 Å². The maximum atomic E-state index is 11.1. The Morgan fingerprint density at radius 2 is 2.40 bits per heavy atom. The number of furan rings is 1. The fraction of sp³-hybridized carbons (Fsp3) is 0.500. The van der Waals surface area contributed by atoms with E-state index in [2.05, 4.69) is 6.92 Å². The molecule has 0 aliphatic heterocycles. The summed E-state index contributed by atoms with van der Waals surface area (Å²) < 4.78 is 5.30. The van der Waals surface area contributed by atoms with Crippen LogP contribution in [0.15, 0.2) is 16.5 Å². The monoisotopic (exact) mass is 228 g/mol. The molecule has 1 aromatic heterocycles. The first-order chi connectivity index (χ1) is 7.27. The van der Waals surface area contributed by atoms with Crippen LogP contribution in [0.5, 0.6) is 0 Å². The molecule has 4 nitrogen and oxygen atoms in total. The topological polar surface area (TPSA) is 68.3 Å². The molecule has 0 aromatic carbocycles. The van der Waals surface area contributed by atoms with Crippen LogP contribution in [0.4, 0.5) is 0 Å². The molecule has 1 heterocycles. The van der Waals surface area contributed by atoms with Crippen molar-refractivity contribution in [1.29, 1.82) is 0 Å². The summed E-state index contributed by atoms with van der Waals surface area (Å²) in [5, 5.41) is 0. The third-order valence-corrected chi connectivity index (χ3v) is 2.97. The normalized spacial score (nSPS) is 10.3. The number of nitrogens with two attached hydrogens (primary N) is 1. The number of thioether (sulfide) groups is 1. The maximum Gasteiger partial charge on any atom is 0.300 e. The van der Waals surface area contributed by atoms with Crippen molar-refractivity contribution in [2.24, 2.45) is 5.84 Å². The van der Waals surface area contributed by atoms with Crippen molar-refractivity contribution in [1.82, 2.24) is 5.43 Å². The molecule has 0 bridgehead atoms. The molecule has 0 atom stereocenters. The Kier molecular flexibility index (Phi) is 5.28. The van der Waals surface area contributed by atoms with Crippen LogP contribution in [0.2, 0.25) is 0 Å². The van der Waals surface area contributed by atoms with Crippen LogP contribution >= 0.6 is 11.8 Å². The number of hydrogen-bond acceptors (Lipinski definition) is 4. The van der Waals surface area contributed by atoms with Gasteiger partial charge in [-0.1, -0.05) is 13.3 Å². The SMILES string of the molecule is CCCCSCc1ccc(C(=O)NN)o1. The van der Waals surface area contributed by atoms with E-state index in [1.807, 2.05) is 11.5 Å². The minimum Gasteiger partial charge on any atom is -0.455 e. The van der Waals surface area contributed by atoms with Gasteiger partial charge in [-0.2, -0.15) is 11.8 Å². The van der Waals surface area contributed by atoms with Gasteiger partial charge in [-0.15, -0.1) is 0 Å². The highest BCUT2D eigenvalue weighted by Gasteiger charge is 2.08. The molecule has 0 unspecified atom stereocenters. The zero-order valence-corrected chi connectivity index (χ0v) is 9.60. The van der Waals surface area contributed by atoms with Crippen molar-refractivity contribution >= 4 is 17.7 Å². The van der Waals surface area contributed by atoms with E-state index in [-0.39, 0.29) is 11.7 Å². The fourth-order valence-electron chi connectivity index (χ4n) is 1.07. The maximum absolute atomic E-state index is 11.1. The summed E-state index contributed by atoms with van der Waals surface area (Å²) in [7, 11) is 0. The summed E-state index contributed by atoms with van der Waals surface area (Å²) in [5.41, 5.74) is 2.03. The van der Waals surface area contributed by atoms with Gasteiger partial charge in [-0.05, 0) is 24.3 Å². The van der Waals surface area contributed by atoms with Gasteiger partial charge in [0.25, 0.3) is 0 Å². The minimum absolute atomic E-state index is 0.267. The first-order valence-electron chi connectivity index (χ1n) is 4.95. The molecular formula is C10H16N2O2S. The molecule has 0 saturated heterocycles. The highest BCUT2D eigenvalue weighted by Crippen LogP contribution is 2.16. The molecule has 0 saturated carbocycles. The molecule has 1 aromatic rings. The van der Waals surface area contributed by atoms with Gasteiger partial charge in [-0.25, -0.2) is 5.84 Å². The molecule has 0 spiro atoms. The fourth-order valence-corrected chi connectivity index (χ4v) is 2.06. The lowest BCUT2D eigenvalue weighted by Gasteiger charge is -1.97. The van der Waals surface area contributed by atoms with Gasteiger partial charge in [-0.3, -0.25) is 10.2 Å². The van der Waals surface area contributed by atoms with Crippen LogP contribution in [0.3, 0.4) is 0 Å². The molecule has 3 N–H and O–H groups in total. The van der Waals surface area contributed by atoms with Crippen molar-refractivity contribution in [3.05, 3.63) is 23.7 Å². The lowest BCUT2D eigenvalue weighted by atomic mass is 10.4. The standard InChI is InChI=1S/C10H16N2O2S/c1-2-3-6-15-7-8-4-5-9(14-8)10(13)12-11/h4-5H,2-3,6-7,11H2,1H3,(H,12,13). The Labute approximate surface area is 93.6 Å². The van der Waals surface area contributed by atoms with E-state index in [0.29, 0.717) is 0 Å². The van der Waals surface area contributed by atoms with Crippen LogP contribution < -0.4 is 11.3 Å². The number of nitrogens with one attached hydrogen (secondary N) is 1. The molecule has 1 amide bonds. The zero-order chi connectivity index (χ0) is 11.1. The Morgan fingerprint density at radius 1 is 1.60 bits per heavy atom. The minimum atomic E-state index is -0.389. The third-order valence-electron chi connectivity index (χ3n) is 1.90.